The van der Waals surface area contributed by atoms with Crippen LogP contribution in [0.2, 0.25) is 0 Å². The minimum absolute atomic E-state index is 0.0671. The second-order valence-corrected chi connectivity index (χ2v) is 3.88. The lowest BCUT2D eigenvalue weighted by Crippen LogP contribution is -2.50. The fourth-order valence-corrected chi connectivity index (χ4v) is 2.27. The predicted octanol–water partition coefficient (Wildman–Crippen LogP) is -0.153. The summed E-state index contributed by atoms with van der Waals surface area (Å²) in [6, 6.07) is 0. The Kier molecular flexibility index (Phi) is 2.10. The molecule has 0 aromatic heterocycles. The number of rotatable bonds is 1. The fourth-order valence-electron chi connectivity index (χ4n) is 2.27. The molecule has 0 saturated heterocycles. The molecule has 3 nitrogen and oxygen atoms in total. The molecule has 3 heteroatoms. The van der Waals surface area contributed by atoms with E-state index >= 15 is 0 Å². The Balaban J connectivity index is 1.93. The van der Waals surface area contributed by atoms with Gasteiger partial charge in [-0.15, -0.1) is 0 Å². The lowest BCUT2D eigenvalue weighted by Gasteiger charge is -2.42. The Morgan fingerprint density at radius 3 is 2.33 bits per heavy atom. The Morgan fingerprint density at radius 1 is 1.17 bits per heavy atom. The molecule has 3 N–H and O–H groups in total. The summed E-state index contributed by atoms with van der Waals surface area (Å²) in [5.74, 6) is 1.13. The van der Waals surface area contributed by atoms with Gasteiger partial charge in [-0.05, 0) is 25.2 Å². The fraction of sp³-hybridized carbons (Fsp3) is 0.889. The Hall–Kier alpha value is -0.120. The molecule has 0 aromatic rings. The van der Waals surface area contributed by atoms with Gasteiger partial charge in [-0.1, -0.05) is 6.42 Å². The Labute approximate surface area is 72.0 Å². The van der Waals surface area contributed by atoms with Crippen molar-refractivity contribution < 1.29 is 15.3 Å². The van der Waals surface area contributed by atoms with Crippen LogP contribution in [0.4, 0.5) is 0 Å². The maximum absolute atomic E-state index is 9.50. The molecule has 2 saturated carbocycles. The lowest BCUT2D eigenvalue weighted by atomic mass is 9.70. The SMILES string of the molecule is OC1CCC[C]1C1CC(O)C1O. The van der Waals surface area contributed by atoms with Crippen molar-refractivity contribution in [1.82, 2.24) is 0 Å². The van der Waals surface area contributed by atoms with Crippen LogP contribution >= 0.6 is 0 Å². The second-order valence-electron chi connectivity index (χ2n) is 3.88. The average molecular weight is 171 g/mol. The highest BCUT2D eigenvalue weighted by Crippen LogP contribution is 2.43. The summed E-state index contributed by atoms with van der Waals surface area (Å²) in [6.07, 6.45) is 1.91. The monoisotopic (exact) mass is 171 g/mol. The molecule has 2 rings (SSSR count). The van der Waals surface area contributed by atoms with Gasteiger partial charge in [-0.2, -0.15) is 0 Å². The van der Waals surface area contributed by atoms with Gasteiger partial charge >= 0.3 is 0 Å². The highest BCUT2D eigenvalue weighted by atomic mass is 16.3. The van der Waals surface area contributed by atoms with E-state index in [0.717, 1.165) is 25.2 Å². The van der Waals surface area contributed by atoms with Gasteiger partial charge in [0.2, 0.25) is 0 Å². The summed E-state index contributed by atoms with van der Waals surface area (Å²) in [6.45, 7) is 0. The van der Waals surface area contributed by atoms with Crippen LogP contribution in [-0.4, -0.2) is 33.6 Å². The maximum atomic E-state index is 9.50. The van der Waals surface area contributed by atoms with Crippen molar-refractivity contribution in [1.29, 1.82) is 0 Å². The van der Waals surface area contributed by atoms with Crippen LogP contribution in [0, 0.1) is 11.8 Å². The molecule has 0 bridgehead atoms. The Bertz CT molecular complexity index is 171. The van der Waals surface area contributed by atoms with Crippen LogP contribution < -0.4 is 0 Å². The minimum atomic E-state index is -0.618. The van der Waals surface area contributed by atoms with E-state index < -0.39 is 12.2 Å². The molecule has 0 aromatic carbocycles. The summed E-state index contributed by atoms with van der Waals surface area (Å²) in [4.78, 5) is 0. The smallest absolute Gasteiger partial charge is 0.0834 e. The first-order valence-electron chi connectivity index (χ1n) is 4.60. The molecule has 1 radical (unpaired) electrons. The number of aliphatic hydroxyl groups is 3. The van der Waals surface area contributed by atoms with Crippen molar-refractivity contribution in [2.24, 2.45) is 5.92 Å². The van der Waals surface area contributed by atoms with E-state index in [1.807, 2.05) is 0 Å². The number of hydrogen-bond donors (Lipinski definition) is 3. The van der Waals surface area contributed by atoms with Crippen LogP contribution in [-0.2, 0) is 0 Å². The molecule has 69 valence electrons. The number of aliphatic hydroxyl groups excluding tert-OH is 3. The zero-order chi connectivity index (χ0) is 8.72. The van der Waals surface area contributed by atoms with Gasteiger partial charge in [0.15, 0.2) is 0 Å². The molecule has 0 spiro atoms. The van der Waals surface area contributed by atoms with Crippen molar-refractivity contribution in [3.05, 3.63) is 5.92 Å². The average Bonchev–Trinajstić information content (AvgIpc) is 2.46. The van der Waals surface area contributed by atoms with E-state index in [1.54, 1.807) is 0 Å². The molecule has 2 fully saturated rings. The van der Waals surface area contributed by atoms with Crippen LogP contribution in [0.15, 0.2) is 0 Å². The molecule has 0 heterocycles. The quantitative estimate of drug-likeness (QED) is 0.514. The van der Waals surface area contributed by atoms with E-state index in [2.05, 4.69) is 0 Å². The summed E-state index contributed by atoms with van der Waals surface area (Å²) < 4.78 is 0. The molecule has 2 aliphatic rings. The third-order valence-corrected chi connectivity index (χ3v) is 3.15. The standard InChI is InChI=1S/C9H15O3/c10-7-3-1-2-5(7)6-4-8(11)9(6)12/h6-12H,1-4H2. The largest absolute Gasteiger partial charge is 0.393 e. The van der Waals surface area contributed by atoms with Crippen LogP contribution in [0.1, 0.15) is 25.7 Å². The van der Waals surface area contributed by atoms with E-state index in [4.69, 9.17) is 5.11 Å². The molecule has 12 heavy (non-hydrogen) atoms. The van der Waals surface area contributed by atoms with E-state index in [1.165, 1.54) is 0 Å². The summed E-state index contributed by atoms with van der Waals surface area (Å²) in [5, 5.41) is 28.0. The molecule has 4 unspecified atom stereocenters. The third kappa shape index (κ3) is 1.16. The van der Waals surface area contributed by atoms with Crippen molar-refractivity contribution in [3.63, 3.8) is 0 Å². The van der Waals surface area contributed by atoms with Gasteiger partial charge in [0.25, 0.3) is 0 Å². The Morgan fingerprint density at radius 2 is 1.92 bits per heavy atom. The normalized spacial score (nSPS) is 49.2. The van der Waals surface area contributed by atoms with Crippen molar-refractivity contribution in [2.45, 2.75) is 44.0 Å². The molecule has 0 aliphatic heterocycles. The third-order valence-electron chi connectivity index (χ3n) is 3.15. The van der Waals surface area contributed by atoms with Gasteiger partial charge in [0.05, 0.1) is 18.3 Å². The molecule has 2 aliphatic carbocycles. The lowest BCUT2D eigenvalue weighted by molar-refractivity contribution is -0.102. The van der Waals surface area contributed by atoms with Gasteiger partial charge < -0.3 is 15.3 Å². The molecule has 0 amide bonds. The van der Waals surface area contributed by atoms with Crippen LogP contribution in [0.25, 0.3) is 0 Å². The van der Waals surface area contributed by atoms with E-state index in [-0.39, 0.29) is 12.0 Å². The predicted molar refractivity (Wildman–Crippen MR) is 43.2 cm³/mol. The van der Waals surface area contributed by atoms with E-state index in [0.29, 0.717) is 6.42 Å². The molecular formula is C9H15O3. The van der Waals surface area contributed by atoms with Gasteiger partial charge in [-0.3, -0.25) is 0 Å². The topological polar surface area (TPSA) is 60.7 Å². The first-order valence-corrected chi connectivity index (χ1v) is 4.60. The van der Waals surface area contributed by atoms with Crippen LogP contribution in [0.3, 0.4) is 0 Å². The first-order chi connectivity index (χ1) is 5.70. The van der Waals surface area contributed by atoms with Crippen molar-refractivity contribution >= 4 is 0 Å². The van der Waals surface area contributed by atoms with Gasteiger partial charge in [0, 0.05) is 5.92 Å². The minimum Gasteiger partial charge on any atom is -0.393 e. The van der Waals surface area contributed by atoms with Crippen LogP contribution in [0.5, 0.6) is 0 Å². The highest BCUT2D eigenvalue weighted by Gasteiger charge is 2.46. The highest BCUT2D eigenvalue weighted by molar-refractivity contribution is 5.14. The van der Waals surface area contributed by atoms with Gasteiger partial charge in [0.1, 0.15) is 0 Å². The zero-order valence-electron chi connectivity index (χ0n) is 6.98. The summed E-state index contributed by atoms with van der Waals surface area (Å²) >= 11 is 0. The first kappa shape index (κ1) is 8.48. The van der Waals surface area contributed by atoms with Crippen molar-refractivity contribution in [3.8, 4) is 0 Å². The summed E-state index contributed by atoms with van der Waals surface area (Å²) in [7, 11) is 0. The molecular weight excluding hydrogens is 156 g/mol. The summed E-state index contributed by atoms with van der Waals surface area (Å²) in [5.41, 5.74) is 0. The van der Waals surface area contributed by atoms with Gasteiger partial charge in [-0.25, -0.2) is 0 Å². The second kappa shape index (κ2) is 2.98. The maximum Gasteiger partial charge on any atom is 0.0834 e. The number of hydrogen-bond acceptors (Lipinski definition) is 3. The van der Waals surface area contributed by atoms with Crippen molar-refractivity contribution in [2.75, 3.05) is 0 Å². The zero-order valence-corrected chi connectivity index (χ0v) is 6.98. The van der Waals surface area contributed by atoms with E-state index in [9.17, 15) is 10.2 Å². The molecule has 4 atom stereocenters.